The first-order valence-corrected chi connectivity index (χ1v) is 2.98. The highest BCUT2D eigenvalue weighted by molar-refractivity contribution is 6.26. The molecule has 0 aromatic heterocycles. The van der Waals surface area contributed by atoms with Crippen LogP contribution in [0.2, 0.25) is 0 Å². The van der Waals surface area contributed by atoms with Gasteiger partial charge in [-0.15, -0.1) is 0 Å². The number of carbonyl (C=O) groups excluding carboxylic acids is 1. The Hall–Kier alpha value is -0.480. The van der Waals surface area contributed by atoms with E-state index in [0.717, 1.165) is 0 Å². The van der Waals surface area contributed by atoms with E-state index >= 15 is 0 Å². The molecule has 0 aromatic carbocycles. The minimum absolute atomic E-state index is 0.209. The Labute approximate surface area is 62.0 Å². The molecule has 0 radical (unpaired) electrons. The Balaban J connectivity index is 3.93. The van der Waals surface area contributed by atoms with Crippen LogP contribution in [0.4, 0.5) is 0 Å². The number of hydrogen-bond donors (Lipinski definition) is 1. The molecule has 4 nitrogen and oxygen atoms in total. The van der Waals surface area contributed by atoms with Gasteiger partial charge in [0.05, 0.1) is 13.7 Å². The van der Waals surface area contributed by atoms with Gasteiger partial charge in [-0.05, 0) is 0 Å². The monoisotopic (exact) mass is 143 g/mol. The maximum Gasteiger partial charge on any atom is 0.323 e. The Kier molecular flexibility index (Phi) is 4.14. The van der Waals surface area contributed by atoms with Crippen molar-refractivity contribution in [2.75, 3.05) is 13.7 Å². The van der Waals surface area contributed by atoms with Crippen LogP contribution in [0.15, 0.2) is 0 Å². The zero-order chi connectivity index (χ0) is 8.15. The third-order valence-corrected chi connectivity index (χ3v) is 1.27. The molecule has 10 heavy (non-hydrogen) atoms. The lowest BCUT2D eigenvalue weighted by Crippen LogP contribution is -2.41. The van der Waals surface area contributed by atoms with Crippen molar-refractivity contribution in [2.24, 2.45) is 0 Å². The lowest BCUT2D eigenvalue weighted by Gasteiger charge is -2.19. The highest BCUT2D eigenvalue weighted by atomic mass is 16.5. The van der Waals surface area contributed by atoms with Gasteiger partial charge in [0.1, 0.15) is 6.04 Å². The highest BCUT2D eigenvalue weighted by Gasteiger charge is 2.18. The standard InChI is InChI=1S/C4H11B2NO3/c1-10-4(9)3(2-8)7(5)6/h3,8H,2,5-6H2,1H3. The van der Waals surface area contributed by atoms with E-state index < -0.39 is 12.0 Å². The predicted octanol–water partition coefficient (Wildman–Crippen LogP) is -3.08. The summed E-state index contributed by atoms with van der Waals surface area (Å²) in [5.41, 5.74) is 0. The topological polar surface area (TPSA) is 49.8 Å². The van der Waals surface area contributed by atoms with Crippen LogP contribution in [0.3, 0.4) is 0 Å². The number of aliphatic hydroxyl groups is 1. The van der Waals surface area contributed by atoms with Gasteiger partial charge in [-0.2, -0.15) is 0 Å². The van der Waals surface area contributed by atoms with Crippen LogP contribution >= 0.6 is 0 Å². The van der Waals surface area contributed by atoms with Gasteiger partial charge in [-0.3, -0.25) is 4.79 Å². The zero-order valence-electron chi connectivity index (χ0n) is 6.50. The lowest BCUT2D eigenvalue weighted by atomic mass is 10.1. The van der Waals surface area contributed by atoms with Crippen molar-refractivity contribution in [3.05, 3.63) is 0 Å². The van der Waals surface area contributed by atoms with Crippen molar-refractivity contribution < 1.29 is 14.6 Å². The van der Waals surface area contributed by atoms with E-state index in [1.54, 1.807) is 20.7 Å². The summed E-state index contributed by atoms with van der Waals surface area (Å²) < 4.78 is 6.03. The van der Waals surface area contributed by atoms with Gasteiger partial charge in [0.2, 0.25) is 0 Å². The maximum absolute atomic E-state index is 10.8. The molecule has 56 valence electrons. The SMILES string of the molecule is BN(B)C(CO)C(=O)OC. The molecule has 0 bridgehead atoms. The molecule has 0 amide bonds. The first kappa shape index (κ1) is 9.52. The molecule has 0 fully saturated rings. The summed E-state index contributed by atoms with van der Waals surface area (Å²) in [4.78, 5) is 10.8. The molecule has 0 saturated carbocycles. The summed E-state index contributed by atoms with van der Waals surface area (Å²) in [5.74, 6) is -0.410. The Morgan fingerprint density at radius 2 is 2.30 bits per heavy atom. The first-order valence-electron chi connectivity index (χ1n) is 2.98. The van der Waals surface area contributed by atoms with Crippen LogP contribution in [-0.2, 0) is 9.53 Å². The minimum Gasteiger partial charge on any atom is -0.468 e. The number of hydrogen-bond acceptors (Lipinski definition) is 4. The first-order chi connectivity index (χ1) is 4.63. The molecule has 0 rings (SSSR count). The van der Waals surface area contributed by atoms with Crippen LogP contribution < -0.4 is 0 Å². The number of carbonyl (C=O) groups is 1. The van der Waals surface area contributed by atoms with Gasteiger partial charge in [0.15, 0.2) is 16.0 Å². The van der Waals surface area contributed by atoms with Gasteiger partial charge in [-0.1, -0.05) is 0 Å². The summed E-state index contributed by atoms with van der Waals surface area (Å²) in [5, 5.41) is 8.66. The number of ether oxygens (including phenoxy) is 1. The van der Waals surface area contributed by atoms with E-state index in [-0.39, 0.29) is 6.61 Å². The molecule has 6 heteroatoms. The van der Waals surface area contributed by atoms with E-state index in [1.807, 2.05) is 0 Å². The largest absolute Gasteiger partial charge is 0.468 e. The molecule has 0 aliphatic rings. The fourth-order valence-corrected chi connectivity index (χ4v) is 0.585. The number of nitrogens with zero attached hydrogens (tertiary/aromatic N) is 1. The molecule has 0 spiro atoms. The van der Waals surface area contributed by atoms with Crippen molar-refractivity contribution in [3.8, 4) is 0 Å². The van der Waals surface area contributed by atoms with Crippen LogP contribution in [0.1, 0.15) is 0 Å². The number of methoxy groups -OCH3 is 1. The fourth-order valence-electron chi connectivity index (χ4n) is 0.585. The van der Waals surface area contributed by atoms with E-state index in [0.29, 0.717) is 0 Å². The molecule has 0 aromatic rings. The van der Waals surface area contributed by atoms with E-state index in [9.17, 15) is 4.79 Å². The van der Waals surface area contributed by atoms with E-state index in [4.69, 9.17) is 5.11 Å². The van der Waals surface area contributed by atoms with Crippen LogP contribution in [0.25, 0.3) is 0 Å². The fraction of sp³-hybridized carbons (Fsp3) is 0.750. The van der Waals surface area contributed by atoms with E-state index in [2.05, 4.69) is 4.74 Å². The molecular weight excluding hydrogens is 132 g/mol. The maximum atomic E-state index is 10.8. The van der Waals surface area contributed by atoms with Gasteiger partial charge in [-0.25, -0.2) is 0 Å². The zero-order valence-corrected chi connectivity index (χ0v) is 6.50. The molecule has 1 N–H and O–H groups in total. The summed E-state index contributed by atoms with van der Waals surface area (Å²) in [6.07, 6.45) is 0. The summed E-state index contributed by atoms with van der Waals surface area (Å²) in [6, 6.07) is -0.537. The Bertz CT molecular complexity index is 119. The van der Waals surface area contributed by atoms with Crippen molar-refractivity contribution in [2.45, 2.75) is 6.04 Å². The average Bonchev–Trinajstić information content (AvgIpc) is 1.88. The minimum atomic E-state index is -0.537. The summed E-state index contributed by atoms with van der Waals surface area (Å²) >= 11 is 0. The quantitative estimate of drug-likeness (QED) is 0.336. The average molecular weight is 143 g/mol. The van der Waals surface area contributed by atoms with Gasteiger partial charge < -0.3 is 14.6 Å². The number of aliphatic hydroxyl groups excluding tert-OH is 1. The van der Waals surface area contributed by atoms with Crippen molar-refractivity contribution in [1.82, 2.24) is 4.72 Å². The smallest absolute Gasteiger partial charge is 0.323 e. The second kappa shape index (κ2) is 4.35. The van der Waals surface area contributed by atoms with Crippen molar-refractivity contribution in [3.63, 3.8) is 0 Å². The van der Waals surface area contributed by atoms with Gasteiger partial charge >= 0.3 is 5.97 Å². The van der Waals surface area contributed by atoms with Crippen LogP contribution in [0, 0.1) is 0 Å². The molecule has 0 heterocycles. The summed E-state index contributed by atoms with van der Waals surface area (Å²) in [6.45, 7) is -0.209. The van der Waals surface area contributed by atoms with Crippen LogP contribution in [-0.4, -0.2) is 51.5 Å². The lowest BCUT2D eigenvalue weighted by molar-refractivity contribution is -0.145. The molecule has 0 aliphatic heterocycles. The molecule has 0 saturated heterocycles. The molecule has 0 aliphatic carbocycles. The summed E-state index contributed by atoms with van der Waals surface area (Å²) in [7, 11) is 4.71. The second-order valence-electron chi connectivity index (χ2n) is 2.19. The molecule has 1 unspecified atom stereocenters. The van der Waals surface area contributed by atoms with Crippen molar-refractivity contribution in [1.29, 1.82) is 0 Å². The number of esters is 1. The molecule has 1 atom stereocenters. The molecular formula is C4H11B2NO3. The van der Waals surface area contributed by atoms with Crippen LogP contribution in [0.5, 0.6) is 0 Å². The normalized spacial score (nSPS) is 13.1. The van der Waals surface area contributed by atoms with Crippen molar-refractivity contribution >= 4 is 21.9 Å². The Morgan fingerprint density at radius 1 is 1.80 bits per heavy atom. The third kappa shape index (κ3) is 2.41. The second-order valence-corrected chi connectivity index (χ2v) is 2.19. The predicted molar refractivity (Wildman–Crippen MR) is 41.8 cm³/mol. The third-order valence-electron chi connectivity index (χ3n) is 1.27. The van der Waals surface area contributed by atoms with Gasteiger partial charge in [0.25, 0.3) is 0 Å². The Morgan fingerprint density at radius 3 is 2.40 bits per heavy atom. The van der Waals surface area contributed by atoms with E-state index in [1.165, 1.54) is 7.11 Å². The highest BCUT2D eigenvalue weighted by Crippen LogP contribution is 1.92. The van der Waals surface area contributed by atoms with Gasteiger partial charge in [0, 0.05) is 0 Å². The number of rotatable bonds is 3.